The molecular formula is C13H18F3NO2SSi. The summed E-state index contributed by atoms with van der Waals surface area (Å²) in [5, 5.41) is 1.12. The summed E-state index contributed by atoms with van der Waals surface area (Å²) in [6.07, 6.45) is -3.08. The Morgan fingerprint density at radius 3 is 2.29 bits per heavy atom. The van der Waals surface area contributed by atoms with E-state index in [1.807, 2.05) is 0 Å². The summed E-state index contributed by atoms with van der Waals surface area (Å²) in [7, 11) is -5.71. The van der Waals surface area contributed by atoms with E-state index in [9.17, 15) is 17.4 Å². The Morgan fingerprint density at radius 2 is 1.81 bits per heavy atom. The SMILES string of the molecule is C[Si](C)(C)N=S(=O)(/C=C/c1ccccc1)OCC(F)(F)F. The van der Waals surface area contributed by atoms with E-state index in [2.05, 4.69) is 8.21 Å². The molecule has 1 aromatic carbocycles. The molecule has 0 amide bonds. The maximum atomic E-state index is 12.5. The lowest BCUT2D eigenvalue weighted by molar-refractivity contribution is -0.151. The zero-order valence-corrected chi connectivity index (χ0v) is 13.9. The highest BCUT2D eigenvalue weighted by molar-refractivity contribution is 7.92. The number of rotatable bonds is 5. The number of halogens is 3. The van der Waals surface area contributed by atoms with Crippen molar-refractivity contribution in [3.05, 3.63) is 41.3 Å². The second kappa shape index (κ2) is 6.76. The molecule has 0 aliphatic rings. The molecule has 3 nitrogen and oxygen atoms in total. The topological polar surface area (TPSA) is 38.7 Å². The minimum absolute atomic E-state index is 0.714. The third kappa shape index (κ3) is 8.03. The standard InChI is InChI=1S/C13H18F3NO2SSi/c1-21(2,3)17-20(18,19-11-13(14,15)16)10-9-12-7-5-4-6-8-12/h4-10H,11H2,1-3H3/b10-9+. The van der Waals surface area contributed by atoms with E-state index in [4.69, 9.17) is 0 Å². The number of hydrogen-bond donors (Lipinski definition) is 0. The fourth-order valence-corrected chi connectivity index (χ4v) is 5.58. The van der Waals surface area contributed by atoms with Gasteiger partial charge in [-0.05, 0) is 31.3 Å². The number of nitrogens with zero attached hydrogens (tertiary/aromatic N) is 1. The molecule has 0 radical (unpaired) electrons. The summed E-state index contributed by atoms with van der Waals surface area (Å²) in [4.78, 5) is 0. The van der Waals surface area contributed by atoms with Crippen LogP contribution in [0.15, 0.2) is 39.8 Å². The molecule has 1 atom stereocenters. The van der Waals surface area contributed by atoms with Crippen molar-refractivity contribution >= 4 is 24.3 Å². The van der Waals surface area contributed by atoms with Crippen LogP contribution < -0.4 is 0 Å². The van der Waals surface area contributed by atoms with Crippen LogP contribution in [0.3, 0.4) is 0 Å². The largest absolute Gasteiger partial charge is 0.413 e. The highest BCUT2D eigenvalue weighted by atomic mass is 32.2. The lowest BCUT2D eigenvalue weighted by Crippen LogP contribution is -2.24. The quantitative estimate of drug-likeness (QED) is 0.744. The lowest BCUT2D eigenvalue weighted by Gasteiger charge is -2.15. The van der Waals surface area contributed by atoms with Crippen LogP contribution >= 0.6 is 0 Å². The maximum absolute atomic E-state index is 12.5. The second-order valence-corrected chi connectivity index (χ2v) is 12.0. The van der Waals surface area contributed by atoms with Crippen LogP contribution in [-0.4, -0.2) is 25.2 Å². The van der Waals surface area contributed by atoms with Crippen molar-refractivity contribution in [2.75, 3.05) is 6.61 Å². The molecule has 0 spiro atoms. The molecule has 0 bridgehead atoms. The molecule has 0 saturated carbocycles. The van der Waals surface area contributed by atoms with Gasteiger partial charge >= 0.3 is 6.18 Å². The highest BCUT2D eigenvalue weighted by Gasteiger charge is 2.30. The summed E-state index contributed by atoms with van der Waals surface area (Å²) in [6, 6.07) is 8.84. The van der Waals surface area contributed by atoms with E-state index in [1.54, 1.807) is 50.0 Å². The van der Waals surface area contributed by atoms with E-state index in [0.29, 0.717) is 5.56 Å². The summed E-state index contributed by atoms with van der Waals surface area (Å²) in [6.45, 7) is 3.75. The molecular weight excluding hydrogens is 319 g/mol. The second-order valence-electron chi connectivity index (χ2n) is 5.37. The Hall–Kier alpha value is -1.12. The lowest BCUT2D eigenvalue weighted by atomic mass is 10.2. The van der Waals surface area contributed by atoms with Crippen molar-refractivity contribution in [3.63, 3.8) is 0 Å². The van der Waals surface area contributed by atoms with Gasteiger partial charge in [0, 0.05) is 5.41 Å². The Labute approximate surface area is 124 Å². The van der Waals surface area contributed by atoms with Crippen LogP contribution in [0, 0.1) is 0 Å². The van der Waals surface area contributed by atoms with Gasteiger partial charge in [0.15, 0.2) is 24.9 Å². The van der Waals surface area contributed by atoms with Crippen LogP contribution in [0.5, 0.6) is 0 Å². The van der Waals surface area contributed by atoms with Crippen molar-refractivity contribution in [1.82, 2.24) is 0 Å². The van der Waals surface area contributed by atoms with E-state index in [1.165, 1.54) is 6.08 Å². The smallest absolute Gasteiger partial charge is 0.273 e. The van der Waals surface area contributed by atoms with Crippen LogP contribution in [-0.2, 0) is 14.2 Å². The summed E-state index contributed by atoms with van der Waals surface area (Å²) in [5.41, 5.74) is 0.714. The van der Waals surface area contributed by atoms with Gasteiger partial charge in [-0.2, -0.15) is 13.2 Å². The average Bonchev–Trinajstić information content (AvgIpc) is 2.33. The number of hydrogen-bond acceptors (Lipinski definition) is 3. The fourth-order valence-electron chi connectivity index (χ4n) is 1.36. The molecule has 0 saturated heterocycles. The van der Waals surface area contributed by atoms with E-state index in [0.717, 1.165) is 5.41 Å². The first-order chi connectivity index (χ1) is 9.49. The third-order valence-corrected chi connectivity index (χ3v) is 6.17. The van der Waals surface area contributed by atoms with Crippen LogP contribution in [0.2, 0.25) is 19.6 Å². The van der Waals surface area contributed by atoms with Crippen LogP contribution in [0.1, 0.15) is 5.56 Å². The number of alkyl halides is 3. The van der Waals surface area contributed by atoms with Crippen molar-refractivity contribution < 1.29 is 21.6 Å². The monoisotopic (exact) mass is 337 g/mol. The maximum Gasteiger partial charge on any atom is 0.413 e. The zero-order chi connectivity index (χ0) is 16.1. The first-order valence-corrected chi connectivity index (χ1v) is 11.2. The molecule has 21 heavy (non-hydrogen) atoms. The van der Waals surface area contributed by atoms with Crippen LogP contribution in [0.25, 0.3) is 6.08 Å². The summed E-state index contributed by atoms with van der Waals surface area (Å²) >= 11 is 0. The van der Waals surface area contributed by atoms with Gasteiger partial charge in [0.1, 0.15) is 0 Å². The van der Waals surface area contributed by atoms with Gasteiger partial charge in [-0.3, -0.25) is 8.21 Å². The summed E-state index contributed by atoms with van der Waals surface area (Å²) in [5.74, 6) is 0. The summed E-state index contributed by atoms with van der Waals surface area (Å²) < 4.78 is 57.9. The average molecular weight is 337 g/mol. The normalized spacial score (nSPS) is 15.9. The fraction of sp³-hybridized carbons (Fsp3) is 0.385. The predicted octanol–water partition coefficient (Wildman–Crippen LogP) is 4.45. The molecule has 1 unspecified atom stereocenters. The van der Waals surface area contributed by atoms with Gasteiger partial charge in [-0.15, -0.1) is 0 Å². The van der Waals surface area contributed by atoms with Crippen molar-refractivity contribution in [3.8, 4) is 0 Å². The molecule has 0 fully saturated rings. The van der Waals surface area contributed by atoms with E-state index >= 15 is 0 Å². The van der Waals surface area contributed by atoms with Gasteiger partial charge < -0.3 is 0 Å². The minimum atomic E-state index is -4.54. The molecule has 0 aliphatic heterocycles. The van der Waals surface area contributed by atoms with Gasteiger partial charge in [-0.25, -0.2) is 4.21 Å². The van der Waals surface area contributed by atoms with Crippen molar-refractivity contribution in [2.45, 2.75) is 25.8 Å². The molecule has 0 heterocycles. The van der Waals surface area contributed by atoms with E-state index in [-0.39, 0.29) is 0 Å². The Bertz CT molecular complexity index is 600. The molecule has 0 N–H and O–H groups in total. The molecule has 1 rings (SSSR count). The predicted molar refractivity (Wildman–Crippen MR) is 81.4 cm³/mol. The highest BCUT2D eigenvalue weighted by Crippen LogP contribution is 2.19. The third-order valence-electron chi connectivity index (χ3n) is 2.02. The first-order valence-electron chi connectivity index (χ1n) is 6.22. The van der Waals surface area contributed by atoms with Crippen LogP contribution in [0.4, 0.5) is 13.2 Å². The Kier molecular flexibility index (Phi) is 5.77. The van der Waals surface area contributed by atoms with Crippen molar-refractivity contribution in [2.24, 2.45) is 4.03 Å². The van der Waals surface area contributed by atoms with Crippen molar-refractivity contribution in [1.29, 1.82) is 0 Å². The molecule has 118 valence electrons. The Balaban J connectivity index is 3.06. The minimum Gasteiger partial charge on any atom is -0.273 e. The molecule has 8 heteroatoms. The first kappa shape index (κ1) is 17.9. The van der Waals surface area contributed by atoms with Gasteiger partial charge in [0.05, 0.1) is 0 Å². The Morgan fingerprint density at radius 1 is 1.24 bits per heavy atom. The number of benzene rings is 1. The zero-order valence-electron chi connectivity index (χ0n) is 12.1. The van der Waals surface area contributed by atoms with Gasteiger partial charge in [0.25, 0.3) is 0 Å². The van der Waals surface area contributed by atoms with E-state index < -0.39 is 31.0 Å². The molecule has 1 aromatic rings. The van der Waals surface area contributed by atoms with Gasteiger partial charge in [0.2, 0.25) is 0 Å². The van der Waals surface area contributed by atoms with Gasteiger partial charge in [-0.1, -0.05) is 30.3 Å². The molecule has 0 aromatic heterocycles. The molecule has 0 aliphatic carbocycles.